The number of hydrogen-bond acceptors (Lipinski definition) is 2. The lowest BCUT2D eigenvalue weighted by atomic mass is 10.3. The molecule has 0 spiro atoms. The van der Waals surface area contributed by atoms with Gasteiger partial charge >= 0.3 is 0 Å². The predicted octanol–water partition coefficient (Wildman–Crippen LogP) is 1.21. The first-order chi connectivity index (χ1) is 6.68. The number of H-pyrrole nitrogens is 2. The number of nitrogens with one attached hydrogen (secondary N) is 2. The van der Waals surface area contributed by atoms with E-state index >= 15 is 0 Å². The lowest BCUT2D eigenvalue weighted by Crippen LogP contribution is -2.15. The predicted molar refractivity (Wildman–Crippen MR) is 49.3 cm³/mol. The third-order valence-electron chi connectivity index (χ3n) is 1.88. The highest BCUT2D eigenvalue weighted by molar-refractivity contribution is 5.48. The summed E-state index contributed by atoms with van der Waals surface area (Å²) >= 11 is 0. The minimum absolute atomic E-state index is 0.0957. The second-order valence-electron chi connectivity index (χ2n) is 2.90. The Morgan fingerprint density at radius 2 is 2.29 bits per heavy atom. The zero-order valence-electron chi connectivity index (χ0n) is 7.47. The van der Waals surface area contributed by atoms with Crippen molar-refractivity contribution in [2.45, 2.75) is 6.92 Å². The van der Waals surface area contributed by atoms with E-state index in [-0.39, 0.29) is 5.69 Å². The highest BCUT2D eigenvalue weighted by Gasteiger charge is 2.08. The van der Waals surface area contributed by atoms with Gasteiger partial charge in [-0.25, -0.2) is 4.98 Å². The maximum absolute atomic E-state index is 12.9. The van der Waals surface area contributed by atoms with E-state index in [1.807, 2.05) is 0 Å². The summed E-state index contributed by atoms with van der Waals surface area (Å²) in [7, 11) is 0. The molecule has 2 aromatic heterocycles. The molecule has 2 aromatic rings. The summed E-state index contributed by atoms with van der Waals surface area (Å²) in [6, 6.07) is 3.52. The summed E-state index contributed by atoms with van der Waals surface area (Å²) in [5.41, 5.74) is 0.00523. The quantitative estimate of drug-likeness (QED) is 0.715. The van der Waals surface area contributed by atoms with Crippen molar-refractivity contribution in [3.8, 4) is 11.5 Å². The minimum Gasteiger partial charge on any atom is -0.359 e. The lowest BCUT2D eigenvalue weighted by molar-refractivity contribution is 0.589. The molecule has 0 saturated carbocycles. The van der Waals surface area contributed by atoms with Gasteiger partial charge in [-0.2, -0.15) is 4.39 Å². The van der Waals surface area contributed by atoms with Crippen LogP contribution < -0.4 is 5.56 Å². The number of halogens is 1. The van der Waals surface area contributed by atoms with E-state index in [1.54, 1.807) is 18.3 Å². The van der Waals surface area contributed by atoms with Crippen molar-refractivity contribution in [2.24, 2.45) is 0 Å². The van der Waals surface area contributed by atoms with Gasteiger partial charge in [0.1, 0.15) is 0 Å². The second kappa shape index (κ2) is 3.10. The number of aromatic nitrogens is 3. The molecule has 72 valence electrons. The van der Waals surface area contributed by atoms with Crippen LogP contribution in [0.3, 0.4) is 0 Å². The van der Waals surface area contributed by atoms with Crippen LogP contribution in [0.2, 0.25) is 0 Å². The van der Waals surface area contributed by atoms with Gasteiger partial charge in [-0.1, -0.05) is 0 Å². The number of aryl methyl sites for hydroxylation is 1. The van der Waals surface area contributed by atoms with Gasteiger partial charge < -0.3 is 9.97 Å². The zero-order valence-corrected chi connectivity index (χ0v) is 7.47. The van der Waals surface area contributed by atoms with Crippen LogP contribution in [-0.4, -0.2) is 15.0 Å². The Bertz CT molecular complexity index is 501. The van der Waals surface area contributed by atoms with Crippen molar-refractivity contribution in [3.05, 3.63) is 40.2 Å². The molecule has 2 N–H and O–H groups in total. The fourth-order valence-corrected chi connectivity index (χ4v) is 1.18. The molecule has 0 aromatic carbocycles. The SMILES string of the molecule is Cc1nc(-c2ccc[nH]2)[nH]c(=O)c1F. The van der Waals surface area contributed by atoms with Crippen LogP contribution in [0.1, 0.15) is 5.69 Å². The molecule has 0 unspecified atom stereocenters. The first kappa shape index (κ1) is 8.68. The molecule has 0 aliphatic rings. The Balaban J connectivity index is 2.63. The molecule has 0 radical (unpaired) electrons. The number of rotatable bonds is 1. The fourth-order valence-electron chi connectivity index (χ4n) is 1.18. The fraction of sp³-hybridized carbons (Fsp3) is 0.111. The van der Waals surface area contributed by atoms with E-state index in [0.717, 1.165) is 0 Å². The first-order valence-electron chi connectivity index (χ1n) is 4.08. The highest BCUT2D eigenvalue weighted by Crippen LogP contribution is 2.10. The summed E-state index contributed by atoms with van der Waals surface area (Å²) in [6.07, 6.45) is 1.70. The summed E-state index contributed by atoms with van der Waals surface area (Å²) in [6.45, 7) is 1.46. The van der Waals surface area contributed by atoms with E-state index < -0.39 is 11.4 Å². The zero-order chi connectivity index (χ0) is 10.1. The monoisotopic (exact) mass is 193 g/mol. The molecule has 5 heteroatoms. The normalized spacial score (nSPS) is 10.4. The lowest BCUT2D eigenvalue weighted by Gasteiger charge is -1.99. The average molecular weight is 193 g/mol. The topological polar surface area (TPSA) is 61.5 Å². The van der Waals surface area contributed by atoms with Gasteiger partial charge in [0.05, 0.1) is 11.4 Å². The Kier molecular flexibility index (Phi) is 1.92. The summed E-state index contributed by atoms with van der Waals surface area (Å²) < 4.78 is 12.9. The van der Waals surface area contributed by atoms with Crippen molar-refractivity contribution in [3.63, 3.8) is 0 Å². The Morgan fingerprint density at radius 1 is 1.50 bits per heavy atom. The molecule has 0 aliphatic heterocycles. The molecule has 14 heavy (non-hydrogen) atoms. The maximum Gasteiger partial charge on any atom is 0.287 e. The molecule has 2 rings (SSSR count). The van der Waals surface area contributed by atoms with Crippen molar-refractivity contribution in [1.82, 2.24) is 15.0 Å². The molecule has 2 heterocycles. The number of hydrogen-bond donors (Lipinski definition) is 2. The Hall–Kier alpha value is -1.91. The third kappa shape index (κ3) is 1.32. The van der Waals surface area contributed by atoms with Crippen LogP contribution in [0.4, 0.5) is 4.39 Å². The second-order valence-corrected chi connectivity index (χ2v) is 2.90. The van der Waals surface area contributed by atoms with Gasteiger partial charge in [-0.3, -0.25) is 4.79 Å². The van der Waals surface area contributed by atoms with Crippen molar-refractivity contribution in [2.75, 3.05) is 0 Å². The van der Waals surface area contributed by atoms with Gasteiger partial charge in [0.25, 0.3) is 5.56 Å². The minimum atomic E-state index is -0.833. The number of nitrogens with zero attached hydrogens (tertiary/aromatic N) is 1. The molecule has 0 bridgehead atoms. The molecular weight excluding hydrogens is 185 g/mol. The molecule has 0 fully saturated rings. The van der Waals surface area contributed by atoms with Crippen molar-refractivity contribution in [1.29, 1.82) is 0 Å². The van der Waals surface area contributed by atoms with Crippen LogP contribution in [0.15, 0.2) is 23.1 Å². The van der Waals surface area contributed by atoms with Crippen molar-refractivity contribution < 1.29 is 4.39 Å². The molecule has 4 nitrogen and oxygen atoms in total. The highest BCUT2D eigenvalue weighted by atomic mass is 19.1. The van der Waals surface area contributed by atoms with E-state index in [4.69, 9.17) is 0 Å². The molecular formula is C9H8FN3O. The average Bonchev–Trinajstić information content (AvgIpc) is 2.66. The number of aromatic amines is 2. The van der Waals surface area contributed by atoms with Gasteiger partial charge in [0, 0.05) is 6.20 Å². The largest absolute Gasteiger partial charge is 0.359 e. The van der Waals surface area contributed by atoms with Gasteiger partial charge in [0.2, 0.25) is 5.82 Å². The summed E-state index contributed by atoms with van der Waals surface area (Å²) in [5.74, 6) is -0.487. The van der Waals surface area contributed by atoms with Crippen LogP contribution in [0.5, 0.6) is 0 Å². The van der Waals surface area contributed by atoms with Gasteiger partial charge in [-0.15, -0.1) is 0 Å². The first-order valence-corrected chi connectivity index (χ1v) is 4.08. The smallest absolute Gasteiger partial charge is 0.287 e. The maximum atomic E-state index is 12.9. The van der Waals surface area contributed by atoms with Crippen LogP contribution in [0, 0.1) is 12.7 Å². The van der Waals surface area contributed by atoms with Crippen molar-refractivity contribution >= 4 is 0 Å². The van der Waals surface area contributed by atoms with Gasteiger partial charge in [-0.05, 0) is 19.1 Å². The standard InChI is InChI=1S/C9H8FN3O/c1-5-7(10)9(14)13-8(12-5)6-3-2-4-11-6/h2-4,11H,1H3,(H,12,13,14). The third-order valence-corrected chi connectivity index (χ3v) is 1.88. The van der Waals surface area contributed by atoms with E-state index in [2.05, 4.69) is 15.0 Å². The van der Waals surface area contributed by atoms with E-state index in [0.29, 0.717) is 11.5 Å². The molecule has 0 amide bonds. The Labute approximate surface area is 78.8 Å². The van der Waals surface area contributed by atoms with Crippen LogP contribution in [-0.2, 0) is 0 Å². The molecule has 0 atom stereocenters. The van der Waals surface area contributed by atoms with E-state index in [9.17, 15) is 9.18 Å². The van der Waals surface area contributed by atoms with Crippen LogP contribution >= 0.6 is 0 Å². The van der Waals surface area contributed by atoms with Crippen LogP contribution in [0.25, 0.3) is 11.5 Å². The summed E-state index contributed by atoms with van der Waals surface area (Å²) in [5, 5.41) is 0. The molecule has 0 aliphatic carbocycles. The van der Waals surface area contributed by atoms with Gasteiger partial charge in [0.15, 0.2) is 5.82 Å². The molecule has 0 saturated heterocycles. The Morgan fingerprint density at radius 3 is 2.86 bits per heavy atom. The van der Waals surface area contributed by atoms with E-state index in [1.165, 1.54) is 6.92 Å². The summed E-state index contributed by atoms with van der Waals surface area (Å²) in [4.78, 5) is 20.2.